The minimum atomic E-state index is 0.732. The zero-order chi connectivity index (χ0) is 30.9. The molecule has 10 aromatic rings. The summed E-state index contributed by atoms with van der Waals surface area (Å²) >= 11 is 0. The Kier molecular flexibility index (Phi) is 5.48. The van der Waals surface area contributed by atoms with Crippen LogP contribution in [-0.4, -0.2) is 23.8 Å². The molecule has 0 aliphatic carbocycles. The van der Waals surface area contributed by atoms with Crippen molar-refractivity contribution >= 4 is 54.8 Å². The first-order valence-corrected chi connectivity index (χ1v) is 15.6. The first-order valence-electron chi connectivity index (χ1n) is 15.6. The number of hydrogen-bond donors (Lipinski definition) is 0. The van der Waals surface area contributed by atoms with Crippen LogP contribution in [0.5, 0.6) is 11.5 Å². The molecule has 6 nitrogen and oxygen atoms in total. The number of ether oxygens (including phenoxy) is 1. The number of imidazole rings is 2. The largest absolute Gasteiger partial charge is 0.457 e. The predicted molar refractivity (Wildman–Crippen MR) is 189 cm³/mol. The third kappa shape index (κ3) is 3.95. The van der Waals surface area contributed by atoms with Gasteiger partial charge in [0.15, 0.2) is 0 Å². The van der Waals surface area contributed by atoms with Gasteiger partial charge in [-0.1, -0.05) is 60.7 Å². The van der Waals surface area contributed by atoms with Crippen molar-refractivity contribution < 1.29 is 4.74 Å². The van der Waals surface area contributed by atoms with E-state index in [9.17, 15) is 0 Å². The van der Waals surface area contributed by atoms with Gasteiger partial charge in [0.05, 0.1) is 16.6 Å². The summed E-state index contributed by atoms with van der Waals surface area (Å²) in [6.07, 6.45) is 9.53. The standard InChI is InChI=1S/C41H25N5O/c1-3-8-26(9-4-1)32-24-34-30-15-13-28(22-35(30)40-43-19-21-46(40)38(34)25-33(32)27-10-5-2-6-11-27)47-29-14-16-31-36(23-29)41-44-18-20-45(41)37-12-7-17-42-39(31)37/h1-25H. The van der Waals surface area contributed by atoms with Crippen molar-refractivity contribution in [3.8, 4) is 33.8 Å². The third-order valence-corrected chi connectivity index (χ3v) is 9.14. The highest BCUT2D eigenvalue weighted by atomic mass is 16.5. The number of benzene rings is 5. The molecule has 0 radical (unpaired) electrons. The number of fused-ring (bicyclic) bond motifs is 12. The number of pyridine rings is 3. The maximum absolute atomic E-state index is 6.55. The van der Waals surface area contributed by atoms with Gasteiger partial charge in [0.1, 0.15) is 22.8 Å². The first kappa shape index (κ1) is 25.8. The summed E-state index contributed by atoms with van der Waals surface area (Å²) in [7, 11) is 0. The molecule has 5 aromatic carbocycles. The molecule has 0 aliphatic heterocycles. The molecule has 47 heavy (non-hydrogen) atoms. The van der Waals surface area contributed by atoms with Crippen LogP contribution in [0.25, 0.3) is 77.0 Å². The number of hydrogen-bond acceptors (Lipinski definition) is 4. The lowest BCUT2D eigenvalue weighted by molar-refractivity contribution is 0.484. The molecule has 0 amide bonds. The Labute approximate surface area is 268 Å². The Morgan fingerprint density at radius 3 is 1.70 bits per heavy atom. The summed E-state index contributed by atoms with van der Waals surface area (Å²) in [6, 6.07) is 42.3. The van der Waals surface area contributed by atoms with Gasteiger partial charge in [0.25, 0.3) is 0 Å². The summed E-state index contributed by atoms with van der Waals surface area (Å²) < 4.78 is 10.8. The molecule has 0 spiro atoms. The molecule has 0 unspecified atom stereocenters. The smallest absolute Gasteiger partial charge is 0.145 e. The highest BCUT2D eigenvalue weighted by Crippen LogP contribution is 2.40. The van der Waals surface area contributed by atoms with Crippen molar-refractivity contribution in [3.05, 3.63) is 152 Å². The van der Waals surface area contributed by atoms with Crippen LogP contribution in [0.1, 0.15) is 0 Å². The fourth-order valence-electron chi connectivity index (χ4n) is 7.03. The van der Waals surface area contributed by atoms with Crippen LogP contribution in [0, 0.1) is 0 Å². The van der Waals surface area contributed by atoms with Gasteiger partial charge in [0.2, 0.25) is 0 Å². The second-order valence-electron chi connectivity index (χ2n) is 11.8. The maximum Gasteiger partial charge on any atom is 0.145 e. The topological polar surface area (TPSA) is 56.7 Å². The molecule has 6 heteroatoms. The Hall–Kier alpha value is -6.53. The van der Waals surface area contributed by atoms with E-state index in [-0.39, 0.29) is 0 Å². The highest BCUT2D eigenvalue weighted by Gasteiger charge is 2.17. The quantitative estimate of drug-likeness (QED) is 0.188. The minimum absolute atomic E-state index is 0.732. The van der Waals surface area contributed by atoms with Crippen LogP contribution in [-0.2, 0) is 0 Å². The average molecular weight is 604 g/mol. The van der Waals surface area contributed by atoms with Crippen molar-refractivity contribution in [1.29, 1.82) is 0 Å². The maximum atomic E-state index is 6.55. The van der Waals surface area contributed by atoms with Crippen molar-refractivity contribution in [2.75, 3.05) is 0 Å². The van der Waals surface area contributed by atoms with Gasteiger partial charge in [-0.2, -0.15) is 0 Å². The van der Waals surface area contributed by atoms with Crippen LogP contribution < -0.4 is 4.74 Å². The molecule has 0 atom stereocenters. The number of aromatic nitrogens is 5. The van der Waals surface area contributed by atoms with Crippen molar-refractivity contribution in [3.63, 3.8) is 0 Å². The fraction of sp³-hybridized carbons (Fsp3) is 0. The summed E-state index contributed by atoms with van der Waals surface area (Å²) in [4.78, 5) is 14.2. The minimum Gasteiger partial charge on any atom is -0.457 e. The molecular formula is C41H25N5O. The van der Waals surface area contributed by atoms with Gasteiger partial charge in [-0.3, -0.25) is 13.8 Å². The van der Waals surface area contributed by atoms with E-state index in [0.717, 1.165) is 66.3 Å². The van der Waals surface area contributed by atoms with Crippen LogP contribution in [0.3, 0.4) is 0 Å². The lowest BCUT2D eigenvalue weighted by atomic mass is 9.91. The van der Waals surface area contributed by atoms with Crippen LogP contribution >= 0.6 is 0 Å². The number of nitrogens with zero attached hydrogens (tertiary/aromatic N) is 5. The summed E-state index contributed by atoms with van der Waals surface area (Å²) in [6.45, 7) is 0. The monoisotopic (exact) mass is 603 g/mol. The summed E-state index contributed by atoms with van der Waals surface area (Å²) in [5, 5.41) is 5.34. The predicted octanol–water partition coefficient (Wildman–Crippen LogP) is 10.1. The van der Waals surface area contributed by atoms with Crippen LogP contribution in [0.4, 0.5) is 0 Å². The molecule has 0 N–H and O–H groups in total. The van der Waals surface area contributed by atoms with Gasteiger partial charge in [-0.05, 0) is 88.3 Å². The molecule has 10 rings (SSSR count). The molecular weight excluding hydrogens is 578 g/mol. The van der Waals surface area contributed by atoms with Crippen LogP contribution in [0.15, 0.2) is 152 Å². The highest BCUT2D eigenvalue weighted by molar-refractivity contribution is 6.14. The fourth-order valence-corrected chi connectivity index (χ4v) is 7.03. The first-order chi connectivity index (χ1) is 23.3. The van der Waals surface area contributed by atoms with Gasteiger partial charge in [0, 0.05) is 52.5 Å². The van der Waals surface area contributed by atoms with Gasteiger partial charge < -0.3 is 4.74 Å². The molecule has 220 valence electrons. The van der Waals surface area contributed by atoms with Crippen LogP contribution in [0.2, 0.25) is 0 Å². The summed E-state index contributed by atoms with van der Waals surface area (Å²) in [5.74, 6) is 1.47. The van der Waals surface area contributed by atoms with E-state index in [1.807, 2.05) is 49.2 Å². The summed E-state index contributed by atoms with van der Waals surface area (Å²) in [5.41, 5.74) is 9.56. The van der Waals surface area contributed by atoms with E-state index in [4.69, 9.17) is 9.72 Å². The molecule has 0 fully saturated rings. The normalized spacial score (nSPS) is 11.8. The van der Waals surface area contributed by atoms with Gasteiger partial charge in [-0.15, -0.1) is 0 Å². The zero-order valence-electron chi connectivity index (χ0n) is 25.1. The Bertz CT molecular complexity index is 2820. The molecule has 5 heterocycles. The second-order valence-corrected chi connectivity index (χ2v) is 11.8. The Balaban J connectivity index is 1.15. The van der Waals surface area contributed by atoms with E-state index in [0.29, 0.717) is 0 Å². The van der Waals surface area contributed by atoms with E-state index < -0.39 is 0 Å². The van der Waals surface area contributed by atoms with Crippen molar-refractivity contribution in [2.24, 2.45) is 0 Å². The SMILES string of the molecule is c1ccc(-c2cc3c4ccc(Oc5ccc6c(c5)c5nccn5c5cccnc65)cc4c4nccn4c3cc2-c2ccccc2)cc1. The lowest BCUT2D eigenvalue weighted by Crippen LogP contribution is -1.95. The molecule has 0 aliphatic rings. The van der Waals surface area contributed by atoms with Crippen molar-refractivity contribution in [2.45, 2.75) is 0 Å². The Morgan fingerprint density at radius 1 is 0.426 bits per heavy atom. The Morgan fingerprint density at radius 2 is 1.02 bits per heavy atom. The van der Waals surface area contributed by atoms with E-state index in [2.05, 4.69) is 122 Å². The number of rotatable bonds is 4. The van der Waals surface area contributed by atoms with E-state index in [1.54, 1.807) is 0 Å². The lowest BCUT2D eigenvalue weighted by Gasteiger charge is -2.16. The van der Waals surface area contributed by atoms with Crippen molar-refractivity contribution in [1.82, 2.24) is 23.8 Å². The molecule has 5 aromatic heterocycles. The van der Waals surface area contributed by atoms with E-state index in [1.165, 1.54) is 22.3 Å². The van der Waals surface area contributed by atoms with E-state index >= 15 is 0 Å². The second kappa shape index (κ2) is 9.99. The zero-order valence-corrected chi connectivity index (χ0v) is 25.1. The van der Waals surface area contributed by atoms with Gasteiger partial charge in [-0.25, -0.2) is 9.97 Å². The average Bonchev–Trinajstić information content (AvgIpc) is 3.84. The molecule has 0 saturated heterocycles. The molecule has 0 saturated carbocycles. The third-order valence-electron chi connectivity index (χ3n) is 9.14. The molecule has 0 bridgehead atoms. The van der Waals surface area contributed by atoms with Gasteiger partial charge >= 0.3 is 0 Å².